The van der Waals surface area contributed by atoms with Crippen LogP contribution >= 0.6 is 34.3 Å². The van der Waals surface area contributed by atoms with Crippen LogP contribution in [-0.2, 0) is 0 Å². The molecule has 260 valence electrons. The molecular formula is C50H31ClN2S2. The number of hydrogen-bond acceptors (Lipinski definition) is 4. The minimum absolute atomic E-state index is 0.713. The van der Waals surface area contributed by atoms with Gasteiger partial charge in [-0.05, 0) is 77.5 Å². The fraction of sp³-hybridized carbons (Fsp3) is 0. The second-order valence-electron chi connectivity index (χ2n) is 13.8. The number of hydrogen-bond donors (Lipinski definition) is 0. The summed E-state index contributed by atoms with van der Waals surface area (Å²) in [6, 6.07) is 67.8. The van der Waals surface area contributed by atoms with Crippen molar-refractivity contribution in [2.45, 2.75) is 0 Å². The molecular weight excluding hydrogens is 728 g/mol. The summed E-state index contributed by atoms with van der Waals surface area (Å²) in [5, 5.41) is 10.5. The van der Waals surface area contributed by atoms with E-state index in [4.69, 9.17) is 11.6 Å². The highest BCUT2D eigenvalue weighted by Crippen LogP contribution is 2.52. The molecule has 2 heterocycles. The van der Waals surface area contributed by atoms with Crippen LogP contribution in [0.1, 0.15) is 0 Å². The van der Waals surface area contributed by atoms with Crippen molar-refractivity contribution in [3.8, 4) is 0 Å². The molecule has 0 spiro atoms. The number of benzene rings is 9. The van der Waals surface area contributed by atoms with Gasteiger partial charge in [-0.15, -0.1) is 22.7 Å². The van der Waals surface area contributed by atoms with Gasteiger partial charge in [0.25, 0.3) is 0 Å². The predicted molar refractivity (Wildman–Crippen MR) is 242 cm³/mol. The Morgan fingerprint density at radius 1 is 0.345 bits per heavy atom. The first-order valence-corrected chi connectivity index (χ1v) is 20.4. The van der Waals surface area contributed by atoms with Crippen LogP contribution in [0.15, 0.2) is 188 Å². The highest BCUT2D eigenvalue weighted by molar-refractivity contribution is 7.27. The van der Waals surface area contributed by atoms with Crippen molar-refractivity contribution in [2.24, 2.45) is 0 Å². The SMILES string of the molecule is Clc1cc(N(c2ccccc2)c2ccccc2)c2c(c1)sc1c3ccccc3c(N(c3ccc4ccccc4c3)c3cccc4c3sc3ccccc34)cc12. The minimum atomic E-state index is 0.713. The van der Waals surface area contributed by atoms with Crippen LogP contribution in [-0.4, -0.2) is 0 Å². The largest absolute Gasteiger partial charge is 0.310 e. The van der Waals surface area contributed by atoms with Gasteiger partial charge in [0.1, 0.15) is 0 Å². The summed E-state index contributed by atoms with van der Waals surface area (Å²) in [4.78, 5) is 4.84. The summed E-state index contributed by atoms with van der Waals surface area (Å²) in [5.74, 6) is 0. The molecule has 0 aliphatic heterocycles. The van der Waals surface area contributed by atoms with Crippen molar-refractivity contribution < 1.29 is 0 Å². The quantitative estimate of drug-likeness (QED) is 0.167. The van der Waals surface area contributed by atoms with Crippen molar-refractivity contribution in [1.29, 1.82) is 0 Å². The number of anilines is 6. The summed E-state index contributed by atoms with van der Waals surface area (Å²) in [6.45, 7) is 0. The Morgan fingerprint density at radius 2 is 0.964 bits per heavy atom. The summed E-state index contributed by atoms with van der Waals surface area (Å²) in [5.41, 5.74) is 6.62. The number of thiophene rings is 2. The van der Waals surface area contributed by atoms with Gasteiger partial charge >= 0.3 is 0 Å². The van der Waals surface area contributed by atoms with E-state index < -0.39 is 0 Å². The molecule has 11 aromatic rings. The first-order chi connectivity index (χ1) is 27.2. The van der Waals surface area contributed by atoms with Gasteiger partial charge in [-0.2, -0.15) is 0 Å². The molecule has 0 bridgehead atoms. The van der Waals surface area contributed by atoms with Gasteiger partial charge in [0, 0.05) is 68.5 Å². The average Bonchev–Trinajstić information content (AvgIpc) is 3.81. The zero-order valence-corrected chi connectivity index (χ0v) is 31.9. The monoisotopic (exact) mass is 758 g/mol. The molecule has 0 radical (unpaired) electrons. The van der Waals surface area contributed by atoms with Crippen LogP contribution in [0.5, 0.6) is 0 Å². The van der Waals surface area contributed by atoms with E-state index in [2.05, 4.69) is 198 Å². The van der Waals surface area contributed by atoms with E-state index in [1.807, 2.05) is 22.7 Å². The maximum atomic E-state index is 7.04. The minimum Gasteiger partial charge on any atom is -0.310 e. The fourth-order valence-electron chi connectivity index (χ4n) is 8.23. The summed E-state index contributed by atoms with van der Waals surface area (Å²) >= 11 is 10.7. The van der Waals surface area contributed by atoms with Gasteiger partial charge in [0.05, 0.1) is 21.8 Å². The van der Waals surface area contributed by atoms with E-state index >= 15 is 0 Å². The third-order valence-electron chi connectivity index (χ3n) is 10.6. The van der Waals surface area contributed by atoms with Gasteiger partial charge in [-0.3, -0.25) is 0 Å². The van der Waals surface area contributed by atoms with E-state index in [1.165, 1.54) is 57.2 Å². The number of halogens is 1. The topological polar surface area (TPSA) is 6.48 Å². The molecule has 0 amide bonds. The predicted octanol–water partition coefficient (Wildman–Crippen LogP) is 16.3. The second-order valence-corrected chi connectivity index (χ2v) is 16.4. The molecule has 9 aromatic carbocycles. The number of fused-ring (bicyclic) bond motifs is 9. The Balaban J connectivity index is 1.26. The van der Waals surface area contributed by atoms with Crippen molar-refractivity contribution in [2.75, 3.05) is 9.80 Å². The first-order valence-electron chi connectivity index (χ1n) is 18.4. The maximum absolute atomic E-state index is 7.04. The highest BCUT2D eigenvalue weighted by Gasteiger charge is 2.25. The molecule has 0 N–H and O–H groups in total. The van der Waals surface area contributed by atoms with E-state index in [9.17, 15) is 0 Å². The molecule has 5 heteroatoms. The van der Waals surface area contributed by atoms with Crippen LogP contribution in [0, 0.1) is 0 Å². The zero-order valence-electron chi connectivity index (χ0n) is 29.5. The Labute approximate surface area is 331 Å². The van der Waals surface area contributed by atoms with Crippen LogP contribution in [0.25, 0.3) is 61.9 Å². The highest BCUT2D eigenvalue weighted by atomic mass is 35.5. The normalized spacial score (nSPS) is 11.7. The number of para-hydroxylation sites is 2. The molecule has 11 rings (SSSR count). The number of rotatable bonds is 6. The molecule has 0 atom stereocenters. The number of nitrogens with zero attached hydrogens (tertiary/aromatic N) is 2. The third-order valence-corrected chi connectivity index (χ3v) is 13.2. The van der Waals surface area contributed by atoms with Gasteiger partial charge in [0.15, 0.2) is 0 Å². The van der Waals surface area contributed by atoms with E-state index in [1.54, 1.807) is 0 Å². The van der Waals surface area contributed by atoms with E-state index in [-0.39, 0.29) is 0 Å². The molecule has 0 fully saturated rings. The van der Waals surface area contributed by atoms with Crippen LogP contribution in [0.4, 0.5) is 34.1 Å². The van der Waals surface area contributed by atoms with Gasteiger partial charge in [-0.1, -0.05) is 133 Å². The molecule has 0 saturated carbocycles. The Kier molecular flexibility index (Phi) is 7.63. The van der Waals surface area contributed by atoms with E-state index in [0.29, 0.717) is 5.02 Å². The van der Waals surface area contributed by atoms with E-state index in [0.717, 1.165) is 38.8 Å². The Bertz CT molecular complexity index is 3200. The lowest BCUT2D eigenvalue weighted by molar-refractivity contribution is 1.30. The van der Waals surface area contributed by atoms with Crippen LogP contribution in [0.3, 0.4) is 0 Å². The smallest absolute Gasteiger partial charge is 0.0640 e. The molecule has 0 aliphatic rings. The lowest BCUT2D eigenvalue weighted by Crippen LogP contribution is -2.11. The Morgan fingerprint density at radius 3 is 1.75 bits per heavy atom. The van der Waals surface area contributed by atoms with Crippen molar-refractivity contribution in [1.82, 2.24) is 0 Å². The molecule has 0 aliphatic carbocycles. The average molecular weight is 759 g/mol. The van der Waals surface area contributed by atoms with Gasteiger partial charge in [0.2, 0.25) is 0 Å². The molecule has 0 unspecified atom stereocenters. The second kappa shape index (κ2) is 13.0. The maximum Gasteiger partial charge on any atom is 0.0640 e. The van der Waals surface area contributed by atoms with Gasteiger partial charge in [-0.25, -0.2) is 0 Å². The van der Waals surface area contributed by atoms with Crippen molar-refractivity contribution >= 4 is 130 Å². The van der Waals surface area contributed by atoms with Gasteiger partial charge < -0.3 is 9.80 Å². The molecule has 2 nitrogen and oxygen atoms in total. The third kappa shape index (κ3) is 5.29. The Hall–Kier alpha value is -6.17. The molecule has 55 heavy (non-hydrogen) atoms. The lowest BCUT2D eigenvalue weighted by Gasteiger charge is -2.28. The zero-order chi connectivity index (χ0) is 36.5. The first kappa shape index (κ1) is 32.3. The molecule has 0 saturated heterocycles. The van der Waals surface area contributed by atoms with Crippen molar-refractivity contribution in [3.05, 3.63) is 193 Å². The lowest BCUT2D eigenvalue weighted by atomic mass is 10.0. The van der Waals surface area contributed by atoms with Crippen LogP contribution < -0.4 is 9.80 Å². The van der Waals surface area contributed by atoms with Crippen molar-refractivity contribution in [3.63, 3.8) is 0 Å². The molecule has 2 aromatic heterocycles. The standard InChI is InChI=1S/C50H31ClN2S2/c51-34-29-45(52(35-16-3-1-4-17-35)36-18-5-2-6-19-36)48-42-31-44(38-20-9-10-22-40(38)49(42)55-47(48)30-34)53(37-27-26-32-14-7-8-15-33(32)28-37)43-24-13-23-41-39-21-11-12-25-46(39)54-50(41)43/h1-31H. The van der Waals surface area contributed by atoms with Crippen LogP contribution in [0.2, 0.25) is 5.02 Å². The summed E-state index contributed by atoms with van der Waals surface area (Å²) in [6.07, 6.45) is 0. The fourth-order valence-corrected chi connectivity index (χ4v) is 11.0. The summed E-state index contributed by atoms with van der Waals surface area (Å²) < 4.78 is 4.96. The summed E-state index contributed by atoms with van der Waals surface area (Å²) in [7, 11) is 0.